The lowest BCUT2D eigenvalue weighted by Crippen LogP contribution is -2.08. The number of alkyl halides is 1. The smallest absolute Gasteiger partial charge is 0.175 e. The van der Waals surface area contributed by atoms with Gasteiger partial charge in [0, 0.05) is 12.5 Å². The molecule has 20 heavy (non-hydrogen) atoms. The second-order valence-corrected chi connectivity index (χ2v) is 5.99. The third-order valence-electron chi connectivity index (χ3n) is 3.38. The molecule has 0 aromatic heterocycles. The molecule has 1 aromatic rings. The third kappa shape index (κ3) is 4.27. The summed E-state index contributed by atoms with van der Waals surface area (Å²) in [6.07, 6.45) is 4.82. The van der Waals surface area contributed by atoms with E-state index in [0.717, 1.165) is 35.2 Å². The van der Waals surface area contributed by atoms with Gasteiger partial charge < -0.3 is 14.2 Å². The van der Waals surface area contributed by atoms with Crippen molar-refractivity contribution < 1.29 is 14.2 Å². The molecule has 1 aliphatic rings. The Morgan fingerprint density at radius 1 is 1.45 bits per heavy atom. The van der Waals surface area contributed by atoms with Gasteiger partial charge in [-0.1, -0.05) is 0 Å². The molecular formula is C15H20BrClO3. The summed E-state index contributed by atoms with van der Waals surface area (Å²) in [5.74, 6) is 1.91. The van der Waals surface area contributed by atoms with Crippen LogP contribution in [0.2, 0.25) is 0 Å². The molecule has 1 atom stereocenters. The predicted molar refractivity (Wildman–Crippen MR) is 84.0 cm³/mol. The molecule has 0 amide bonds. The van der Waals surface area contributed by atoms with Crippen LogP contribution in [-0.2, 0) is 10.6 Å². The average molecular weight is 364 g/mol. The van der Waals surface area contributed by atoms with E-state index < -0.39 is 0 Å². The summed E-state index contributed by atoms with van der Waals surface area (Å²) in [6, 6.07) is 3.87. The lowest BCUT2D eigenvalue weighted by Gasteiger charge is -2.14. The fraction of sp³-hybridized carbons (Fsp3) is 0.600. The Bertz CT molecular complexity index is 433. The molecule has 0 bridgehead atoms. The van der Waals surface area contributed by atoms with E-state index in [0.29, 0.717) is 24.3 Å². The van der Waals surface area contributed by atoms with Gasteiger partial charge >= 0.3 is 0 Å². The lowest BCUT2D eigenvalue weighted by atomic mass is 10.1. The Balaban J connectivity index is 1.87. The van der Waals surface area contributed by atoms with Crippen molar-refractivity contribution in [3.8, 4) is 11.5 Å². The molecule has 1 heterocycles. The van der Waals surface area contributed by atoms with Crippen LogP contribution in [0.5, 0.6) is 11.5 Å². The molecule has 1 aliphatic heterocycles. The van der Waals surface area contributed by atoms with E-state index in [4.69, 9.17) is 25.8 Å². The summed E-state index contributed by atoms with van der Waals surface area (Å²) in [6.45, 7) is 1.57. The summed E-state index contributed by atoms with van der Waals surface area (Å²) < 4.78 is 17.7. The van der Waals surface area contributed by atoms with Crippen LogP contribution in [0.4, 0.5) is 0 Å². The molecule has 0 spiro atoms. The number of hydrogen-bond acceptors (Lipinski definition) is 3. The van der Waals surface area contributed by atoms with Crippen molar-refractivity contribution in [3.63, 3.8) is 0 Å². The van der Waals surface area contributed by atoms with Crippen molar-refractivity contribution >= 4 is 27.5 Å². The van der Waals surface area contributed by atoms with E-state index in [-0.39, 0.29) is 0 Å². The number of rotatable bonds is 7. The molecule has 1 aromatic carbocycles. The van der Waals surface area contributed by atoms with Gasteiger partial charge in [-0.15, -0.1) is 11.6 Å². The topological polar surface area (TPSA) is 27.7 Å². The molecule has 0 aliphatic carbocycles. The van der Waals surface area contributed by atoms with Gasteiger partial charge in [-0.2, -0.15) is 0 Å². The van der Waals surface area contributed by atoms with E-state index in [1.165, 1.54) is 12.8 Å². The first-order chi connectivity index (χ1) is 9.74. The lowest BCUT2D eigenvalue weighted by molar-refractivity contribution is 0.0979. The Kier molecular flexibility index (Phi) is 6.46. The number of halogens is 2. The first-order valence-electron chi connectivity index (χ1n) is 6.91. The largest absolute Gasteiger partial charge is 0.493 e. The second kappa shape index (κ2) is 8.11. The molecule has 112 valence electrons. The summed E-state index contributed by atoms with van der Waals surface area (Å²) in [4.78, 5) is 0. The minimum absolute atomic E-state index is 0.419. The minimum atomic E-state index is 0.419. The highest BCUT2D eigenvalue weighted by Gasteiger charge is 2.15. The number of methoxy groups -OCH3 is 1. The fourth-order valence-electron chi connectivity index (χ4n) is 2.35. The number of benzene rings is 1. The zero-order valence-corrected chi connectivity index (χ0v) is 14.0. The molecular weight excluding hydrogens is 344 g/mol. The molecule has 5 heteroatoms. The van der Waals surface area contributed by atoms with E-state index in [1.807, 2.05) is 12.1 Å². The Morgan fingerprint density at radius 3 is 2.95 bits per heavy atom. The molecule has 2 rings (SSSR count). The highest BCUT2D eigenvalue weighted by molar-refractivity contribution is 9.10. The Morgan fingerprint density at radius 2 is 2.30 bits per heavy atom. The van der Waals surface area contributed by atoms with Crippen molar-refractivity contribution in [1.29, 1.82) is 0 Å². The van der Waals surface area contributed by atoms with Crippen LogP contribution >= 0.6 is 27.5 Å². The van der Waals surface area contributed by atoms with Crippen molar-refractivity contribution in [2.45, 2.75) is 37.7 Å². The maximum absolute atomic E-state index is 5.85. The summed E-state index contributed by atoms with van der Waals surface area (Å²) in [7, 11) is 1.64. The quantitative estimate of drug-likeness (QED) is 0.526. The summed E-state index contributed by atoms with van der Waals surface area (Å²) in [5, 5.41) is 0. The molecule has 0 radical (unpaired) electrons. The predicted octanol–water partition coefficient (Wildman–Crippen LogP) is 4.53. The first-order valence-corrected chi connectivity index (χ1v) is 8.24. The van der Waals surface area contributed by atoms with Gasteiger partial charge in [0.1, 0.15) is 0 Å². The SMILES string of the molecule is COc1cc(CCl)cc(Br)c1OCCCC1CCCO1. The first kappa shape index (κ1) is 15.9. The Hall–Kier alpha value is -0.450. The van der Waals surface area contributed by atoms with Gasteiger partial charge in [-0.3, -0.25) is 0 Å². The van der Waals surface area contributed by atoms with Crippen LogP contribution in [0.1, 0.15) is 31.2 Å². The van der Waals surface area contributed by atoms with Gasteiger partial charge in [0.25, 0.3) is 0 Å². The maximum Gasteiger partial charge on any atom is 0.175 e. The standard InChI is InChI=1S/C15H20BrClO3/c1-18-14-9-11(10-17)8-13(16)15(14)20-7-3-5-12-4-2-6-19-12/h8-9,12H,2-7,10H2,1H3. The number of hydrogen-bond donors (Lipinski definition) is 0. The van der Waals surface area contributed by atoms with Gasteiger partial charge in [0.15, 0.2) is 11.5 Å². The molecule has 1 fully saturated rings. The highest BCUT2D eigenvalue weighted by Crippen LogP contribution is 2.37. The van der Waals surface area contributed by atoms with Crippen molar-refractivity contribution in [1.82, 2.24) is 0 Å². The van der Waals surface area contributed by atoms with Crippen LogP contribution in [-0.4, -0.2) is 26.4 Å². The maximum atomic E-state index is 5.85. The van der Waals surface area contributed by atoms with E-state index in [1.54, 1.807) is 7.11 Å². The molecule has 3 nitrogen and oxygen atoms in total. The normalized spacial score (nSPS) is 18.2. The third-order valence-corrected chi connectivity index (χ3v) is 4.28. The van der Waals surface area contributed by atoms with Crippen molar-refractivity contribution in [2.75, 3.05) is 20.3 Å². The zero-order chi connectivity index (χ0) is 14.4. The Labute approximate surface area is 133 Å². The summed E-state index contributed by atoms with van der Waals surface area (Å²) in [5.41, 5.74) is 1.00. The van der Waals surface area contributed by atoms with Crippen molar-refractivity contribution in [2.24, 2.45) is 0 Å². The minimum Gasteiger partial charge on any atom is -0.493 e. The molecule has 1 saturated heterocycles. The fourth-order valence-corrected chi connectivity index (χ4v) is 3.11. The van der Waals surface area contributed by atoms with Gasteiger partial charge in [0.2, 0.25) is 0 Å². The van der Waals surface area contributed by atoms with E-state index >= 15 is 0 Å². The van der Waals surface area contributed by atoms with Crippen LogP contribution in [0.25, 0.3) is 0 Å². The van der Waals surface area contributed by atoms with Crippen molar-refractivity contribution in [3.05, 3.63) is 22.2 Å². The van der Waals surface area contributed by atoms with Crippen LogP contribution in [0.15, 0.2) is 16.6 Å². The van der Waals surface area contributed by atoms with Gasteiger partial charge in [-0.25, -0.2) is 0 Å². The molecule has 0 N–H and O–H groups in total. The van der Waals surface area contributed by atoms with Crippen LogP contribution in [0, 0.1) is 0 Å². The zero-order valence-electron chi connectivity index (χ0n) is 11.7. The average Bonchev–Trinajstić information content (AvgIpc) is 2.97. The highest BCUT2D eigenvalue weighted by atomic mass is 79.9. The molecule has 1 unspecified atom stereocenters. The monoisotopic (exact) mass is 362 g/mol. The molecule has 0 saturated carbocycles. The summed E-state index contributed by atoms with van der Waals surface area (Å²) >= 11 is 9.36. The van der Waals surface area contributed by atoms with E-state index in [2.05, 4.69) is 15.9 Å². The van der Waals surface area contributed by atoms with Gasteiger partial charge in [-0.05, 0) is 59.3 Å². The van der Waals surface area contributed by atoms with Crippen LogP contribution in [0.3, 0.4) is 0 Å². The van der Waals surface area contributed by atoms with Crippen LogP contribution < -0.4 is 9.47 Å². The van der Waals surface area contributed by atoms with E-state index in [9.17, 15) is 0 Å². The second-order valence-electron chi connectivity index (χ2n) is 4.87. The van der Waals surface area contributed by atoms with Gasteiger partial charge in [0.05, 0.1) is 24.3 Å². The number of ether oxygens (including phenoxy) is 3.